The van der Waals surface area contributed by atoms with Gasteiger partial charge < -0.3 is 10.6 Å². The Balaban J connectivity index is 1.66. The molecule has 0 radical (unpaired) electrons. The van der Waals surface area contributed by atoms with E-state index in [1.807, 2.05) is 24.3 Å². The van der Waals surface area contributed by atoms with Crippen LogP contribution in [-0.2, 0) is 17.4 Å². The van der Waals surface area contributed by atoms with Crippen molar-refractivity contribution < 1.29 is 18.0 Å². The van der Waals surface area contributed by atoms with E-state index >= 15 is 0 Å². The Morgan fingerprint density at radius 1 is 1.09 bits per heavy atom. The lowest BCUT2D eigenvalue weighted by Crippen LogP contribution is -2.37. The molecule has 0 saturated carbocycles. The Labute approximate surface area is 131 Å². The van der Waals surface area contributed by atoms with Crippen molar-refractivity contribution in [3.05, 3.63) is 59.7 Å². The van der Waals surface area contributed by atoms with Crippen molar-refractivity contribution in [1.29, 1.82) is 0 Å². The summed E-state index contributed by atoms with van der Waals surface area (Å²) < 4.78 is 37.5. The molecule has 0 spiro atoms. The molecule has 1 aliphatic heterocycles. The maximum atomic E-state index is 12.5. The number of para-hydroxylation sites is 1. The van der Waals surface area contributed by atoms with Gasteiger partial charge in [-0.3, -0.25) is 4.79 Å². The van der Waals surface area contributed by atoms with Crippen LogP contribution in [0.2, 0.25) is 0 Å². The molecule has 3 rings (SSSR count). The number of nitrogens with one attached hydrogen (secondary N) is 2. The lowest BCUT2D eigenvalue weighted by atomic mass is 9.97. The molecule has 1 heterocycles. The SMILES string of the molecule is O=C(Nc1ccc(C(F)(F)F)cc1)C1CCc2ccccc2N1. The van der Waals surface area contributed by atoms with Crippen LogP contribution in [0.1, 0.15) is 17.5 Å². The molecule has 0 aliphatic carbocycles. The number of carbonyl (C=O) groups is 1. The van der Waals surface area contributed by atoms with E-state index in [1.165, 1.54) is 12.1 Å². The molecule has 0 saturated heterocycles. The standard InChI is InChI=1S/C17H15F3N2O/c18-17(19,20)12-6-8-13(9-7-12)21-16(23)15-10-5-11-3-1-2-4-14(11)22-15/h1-4,6-9,15,22H,5,10H2,(H,21,23). The molecule has 1 aliphatic rings. The zero-order valence-corrected chi connectivity index (χ0v) is 12.2. The molecule has 1 atom stereocenters. The summed E-state index contributed by atoms with van der Waals surface area (Å²) in [5, 5.41) is 5.81. The van der Waals surface area contributed by atoms with Crippen LogP contribution in [0, 0.1) is 0 Å². The second-order valence-corrected chi connectivity index (χ2v) is 5.46. The number of halogens is 3. The third-order valence-electron chi connectivity index (χ3n) is 3.85. The van der Waals surface area contributed by atoms with E-state index in [0.717, 1.165) is 29.8 Å². The first-order valence-corrected chi connectivity index (χ1v) is 7.26. The molecule has 6 heteroatoms. The Morgan fingerprint density at radius 2 is 1.78 bits per heavy atom. The van der Waals surface area contributed by atoms with Gasteiger partial charge in [-0.2, -0.15) is 13.2 Å². The normalized spacial score (nSPS) is 17.1. The molecule has 1 unspecified atom stereocenters. The van der Waals surface area contributed by atoms with Gasteiger partial charge in [0.15, 0.2) is 0 Å². The summed E-state index contributed by atoms with van der Waals surface area (Å²) in [7, 11) is 0. The van der Waals surface area contributed by atoms with Crippen LogP contribution in [0.15, 0.2) is 48.5 Å². The highest BCUT2D eigenvalue weighted by atomic mass is 19.4. The van der Waals surface area contributed by atoms with Crippen LogP contribution < -0.4 is 10.6 Å². The first kappa shape index (κ1) is 15.4. The van der Waals surface area contributed by atoms with Crippen molar-refractivity contribution in [3.8, 4) is 0 Å². The van der Waals surface area contributed by atoms with Gasteiger partial charge in [-0.25, -0.2) is 0 Å². The van der Waals surface area contributed by atoms with E-state index in [2.05, 4.69) is 10.6 Å². The number of carbonyl (C=O) groups excluding carboxylic acids is 1. The van der Waals surface area contributed by atoms with Gasteiger partial charge in [-0.05, 0) is 48.7 Å². The van der Waals surface area contributed by atoms with Crippen LogP contribution >= 0.6 is 0 Å². The number of fused-ring (bicyclic) bond motifs is 1. The average Bonchev–Trinajstić information content (AvgIpc) is 2.54. The fourth-order valence-electron chi connectivity index (χ4n) is 2.61. The van der Waals surface area contributed by atoms with Crippen molar-refractivity contribution in [2.75, 3.05) is 10.6 Å². The number of hydrogen-bond donors (Lipinski definition) is 2. The van der Waals surface area contributed by atoms with Crippen molar-refractivity contribution in [3.63, 3.8) is 0 Å². The van der Waals surface area contributed by atoms with Crippen LogP contribution in [0.25, 0.3) is 0 Å². The van der Waals surface area contributed by atoms with Crippen molar-refractivity contribution in [2.45, 2.75) is 25.1 Å². The summed E-state index contributed by atoms with van der Waals surface area (Å²) in [6.45, 7) is 0. The largest absolute Gasteiger partial charge is 0.416 e. The number of benzene rings is 2. The maximum Gasteiger partial charge on any atom is 0.416 e. The second kappa shape index (κ2) is 5.95. The zero-order valence-electron chi connectivity index (χ0n) is 12.2. The van der Waals surface area contributed by atoms with Crippen LogP contribution in [0.4, 0.5) is 24.5 Å². The smallest absolute Gasteiger partial charge is 0.373 e. The summed E-state index contributed by atoms with van der Waals surface area (Å²) in [6.07, 6.45) is -2.95. The third-order valence-corrected chi connectivity index (χ3v) is 3.85. The number of alkyl halides is 3. The Kier molecular flexibility index (Phi) is 3.98. The molecule has 0 fully saturated rings. The number of hydrogen-bond acceptors (Lipinski definition) is 2. The summed E-state index contributed by atoms with van der Waals surface area (Å²) in [6, 6.07) is 11.8. The molecular weight excluding hydrogens is 305 g/mol. The van der Waals surface area contributed by atoms with Crippen LogP contribution in [0.3, 0.4) is 0 Å². The zero-order chi connectivity index (χ0) is 16.4. The molecule has 1 amide bonds. The lowest BCUT2D eigenvalue weighted by Gasteiger charge is -2.26. The lowest BCUT2D eigenvalue weighted by molar-refractivity contribution is -0.137. The van der Waals surface area contributed by atoms with Gasteiger partial charge in [0, 0.05) is 11.4 Å². The number of rotatable bonds is 2. The summed E-state index contributed by atoms with van der Waals surface area (Å²) in [4.78, 5) is 12.3. The van der Waals surface area contributed by atoms with Gasteiger partial charge in [0.1, 0.15) is 6.04 Å². The minimum atomic E-state index is -4.38. The quantitative estimate of drug-likeness (QED) is 0.876. The topological polar surface area (TPSA) is 41.1 Å². The first-order chi connectivity index (χ1) is 10.9. The van der Waals surface area contributed by atoms with Crippen molar-refractivity contribution in [1.82, 2.24) is 0 Å². The number of aryl methyl sites for hydroxylation is 1. The van der Waals surface area contributed by atoms with E-state index in [4.69, 9.17) is 0 Å². The Bertz CT molecular complexity index is 711. The van der Waals surface area contributed by atoms with Gasteiger partial charge in [-0.1, -0.05) is 18.2 Å². The minimum Gasteiger partial charge on any atom is -0.373 e. The number of anilines is 2. The van der Waals surface area contributed by atoms with E-state index in [0.29, 0.717) is 12.1 Å². The number of amides is 1. The highest BCUT2D eigenvalue weighted by Gasteiger charge is 2.30. The van der Waals surface area contributed by atoms with Gasteiger partial charge in [0.05, 0.1) is 5.56 Å². The Morgan fingerprint density at radius 3 is 2.48 bits per heavy atom. The monoisotopic (exact) mass is 320 g/mol. The molecule has 0 bridgehead atoms. The summed E-state index contributed by atoms with van der Waals surface area (Å²) >= 11 is 0. The Hall–Kier alpha value is -2.50. The fraction of sp³-hybridized carbons (Fsp3) is 0.235. The van der Waals surface area contributed by atoms with Gasteiger partial charge in [0.25, 0.3) is 0 Å². The molecule has 120 valence electrons. The predicted octanol–water partition coefficient (Wildman–Crippen LogP) is 4.07. The van der Waals surface area contributed by atoms with Crippen molar-refractivity contribution in [2.24, 2.45) is 0 Å². The summed E-state index contributed by atoms with van der Waals surface area (Å²) in [5.41, 5.74) is 1.70. The minimum absolute atomic E-state index is 0.251. The summed E-state index contributed by atoms with van der Waals surface area (Å²) in [5.74, 6) is -0.251. The van der Waals surface area contributed by atoms with Crippen molar-refractivity contribution >= 4 is 17.3 Å². The van der Waals surface area contributed by atoms with Crippen LogP contribution in [0.5, 0.6) is 0 Å². The van der Waals surface area contributed by atoms with Gasteiger partial charge >= 0.3 is 6.18 Å². The van der Waals surface area contributed by atoms with Crippen LogP contribution in [-0.4, -0.2) is 11.9 Å². The second-order valence-electron chi connectivity index (χ2n) is 5.46. The molecule has 3 nitrogen and oxygen atoms in total. The molecule has 23 heavy (non-hydrogen) atoms. The molecule has 2 aromatic rings. The van der Waals surface area contributed by atoms with E-state index in [9.17, 15) is 18.0 Å². The third kappa shape index (κ3) is 3.47. The highest BCUT2D eigenvalue weighted by Crippen LogP contribution is 2.30. The molecule has 2 N–H and O–H groups in total. The molecular formula is C17H15F3N2O. The van der Waals surface area contributed by atoms with Gasteiger partial charge in [0.2, 0.25) is 5.91 Å². The predicted molar refractivity (Wildman–Crippen MR) is 82.2 cm³/mol. The van der Waals surface area contributed by atoms with E-state index < -0.39 is 17.8 Å². The highest BCUT2D eigenvalue weighted by molar-refractivity contribution is 5.97. The molecule has 2 aromatic carbocycles. The van der Waals surface area contributed by atoms with Gasteiger partial charge in [-0.15, -0.1) is 0 Å². The van der Waals surface area contributed by atoms with E-state index in [1.54, 1.807) is 0 Å². The molecule has 0 aromatic heterocycles. The van der Waals surface area contributed by atoms with E-state index in [-0.39, 0.29) is 5.91 Å². The first-order valence-electron chi connectivity index (χ1n) is 7.26. The fourth-order valence-corrected chi connectivity index (χ4v) is 2.61. The average molecular weight is 320 g/mol. The maximum absolute atomic E-state index is 12.5.